The van der Waals surface area contributed by atoms with Crippen LogP contribution in [0.15, 0.2) is 24.3 Å². The molecule has 1 aromatic heterocycles. The van der Waals surface area contributed by atoms with Gasteiger partial charge in [0.1, 0.15) is 18.2 Å². The molecular formula is C16H21N3O2. The number of aliphatic hydroxyl groups excluding tert-OH is 1. The number of benzene rings is 1. The highest BCUT2D eigenvalue weighted by Crippen LogP contribution is 2.27. The molecule has 1 N–H and O–H groups in total. The maximum atomic E-state index is 10.0. The molecule has 0 amide bonds. The van der Waals surface area contributed by atoms with Crippen LogP contribution < -0.4 is 4.74 Å². The van der Waals surface area contributed by atoms with Crippen molar-refractivity contribution in [3.63, 3.8) is 0 Å². The monoisotopic (exact) mass is 287 g/mol. The average molecular weight is 287 g/mol. The van der Waals surface area contributed by atoms with E-state index >= 15 is 0 Å². The highest BCUT2D eigenvalue weighted by atomic mass is 16.5. The first-order valence-electron chi connectivity index (χ1n) is 7.60. The van der Waals surface area contributed by atoms with Crippen molar-refractivity contribution in [3.05, 3.63) is 41.5 Å². The van der Waals surface area contributed by atoms with Gasteiger partial charge in [-0.25, -0.2) is 0 Å². The molecule has 0 unspecified atom stereocenters. The van der Waals surface area contributed by atoms with Gasteiger partial charge in [-0.05, 0) is 25.3 Å². The molecule has 0 aliphatic carbocycles. The SMILES string of the molecule is CC[C@@H](O)c1ccccc1OCc1nnc2n1CCCC2. The highest BCUT2D eigenvalue weighted by molar-refractivity contribution is 5.35. The lowest BCUT2D eigenvalue weighted by Gasteiger charge is -2.17. The van der Waals surface area contributed by atoms with E-state index in [9.17, 15) is 5.11 Å². The predicted molar refractivity (Wildman–Crippen MR) is 79.0 cm³/mol. The minimum atomic E-state index is -0.492. The zero-order valence-corrected chi connectivity index (χ0v) is 12.3. The quantitative estimate of drug-likeness (QED) is 0.918. The van der Waals surface area contributed by atoms with Gasteiger partial charge in [0.25, 0.3) is 0 Å². The highest BCUT2D eigenvalue weighted by Gasteiger charge is 2.17. The molecule has 1 aromatic carbocycles. The summed E-state index contributed by atoms with van der Waals surface area (Å²) >= 11 is 0. The van der Waals surface area contributed by atoms with Crippen molar-refractivity contribution in [1.29, 1.82) is 0 Å². The van der Waals surface area contributed by atoms with Crippen LogP contribution in [0.4, 0.5) is 0 Å². The Kier molecular flexibility index (Phi) is 4.20. The van der Waals surface area contributed by atoms with Crippen LogP contribution in [0.2, 0.25) is 0 Å². The summed E-state index contributed by atoms with van der Waals surface area (Å²) in [4.78, 5) is 0. The van der Waals surface area contributed by atoms with E-state index < -0.39 is 6.10 Å². The van der Waals surface area contributed by atoms with E-state index in [2.05, 4.69) is 14.8 Å². The van der Waals surface area contributed by atoms with E-state index in [1.165, 1.54) is 12.8 Å². The van der Waals surface area contributed by atoms with Gasteiger partial charge in [-0.3, -0.25) is 0 Å². The van der Waals surface area contributed by atoms with Crippen molar-refractivity contribution in [3.8, 4) is 5.75 Å². The number of aromatic nitrogens is 3. The molecule has 5 nitrogen and oxygen atoms in total. The van der Waals surface area contributed by atoms with Crippen LogP contribution in [0, 0.1) is 0 Å². The summed E-state index contributed by atoms with van der Waals surface area (Å²) in [5.41, 5.74) is 0.832. The Morgan fingerprint density at radius 1 is 1.29 bits per heavy atom. The van der Waals surface area contributed by atoms with Crippen LogP contribution in [-0.2, 0) is 19.6 Å². The first-order chi connectivity index (χ1) is 10.3. The lowest BCUT2D eigenvalue weighted by molar-refractivity contribution is 0.165. The standard InChI is InChI=1S/C16H21N3O2/c1-2-13(20)12-7-3-4-8-14(12)21-11-16-18-17-15-9-5-6-10-19(15)16/h3-4,7-8,13,20H,2,5-6,9-11H2,1H3/t13-/m1/s1. The Morgan fingerprint density at radius 3 is 3.00 bits per heavy atom. The van der Waals surface area contributed by atoms with Gasteiger partial charge in [0, 0.05) is 18.5 Å². The normalized spacial score (nSPS) is 15.5. The number of ether oxygens (including phenoxy) is 1. The first-order valence-corrected chi connectivity index (χ1v) is 7.60. The van der Waals surface area contributed by atoms with Crippen LogP contribution in [-0.4, -0.2) is 19.9 Å². The van der Waals surface area contributed by atoms with Crippen molar-refractivity contribution in [2.45, 2.75) is 51.9 Å². The van der Waals surface area contributed by atoms with Gasteiger partial charge in [-0.15, -0.1) is 10.2 Å². The van der Waals surface area contributed by atoms with E-state index in [-0.39, 0.29) is 0 Å². The summed E-state index contributed by atoms with van der Waals surface area (Å²) in [5.74, 6) is 2.65. The minimum Gasteiger partial charge on any atom is -0.485 e. The second-order valence-electron chi connectivity index (χ2n) is 5.39. The van der Waals surface area contributed by atoms with Crippen LogP contribution in [0.5, 0.6) is 5.75 Å². The number of aliphatic hydroxyl groups is 1. The number of fused-ring (bicyclic) bond motifs is 1. The molecule has 0 radical (unpaired) electrons. The molecule has 0 bridgehead atoms. The molecule has 1 aliphatic rings. The Labute approximate surface area is 124 Å². The molecule has 1 aliphatic heterocycles. The van der Waals surface area contributed by atoms with Crippen molar-refractivity contribution in [1.82, 2.24) is 14.8 Å². The molecule has 0 spiro atoms. The number of aryl methyl sites for hydroxylation is 1. The van der Waals surface area contributed by atoms with E-state index in [1.807, 2.05) is 31.2 Å². The third-order valence-electron chi connectivity index (χ3n) is 3.96. The lowest BCUT2D eigenvalue weighted by atomic mass is 10.1. The second kappa shape index (κ2) is 6.26. The number of hydrogen-bond donors (Lipinski definition) is 1. The molecule has 3 rings (SSSR count). The Morgan fingerprint density at radius 2 is 2.14 bits per heavy atom. The van der Waals surface area contributed by atoms with Gasteiger partial charge in [-0.2, -0.15) is 0 Å². The van der Waals surface area contributed by atoms with Crippen LogP contribution in [0.25, 0.3) is 0 Å². The first kappa shape index (κ1) is 14.1. The smallest absolute Gasteiger partial charge is 0.171 e. The molecule has 112 valence electrons. The minimum absolute atomic E-state index is 0.389. The van der Waals surface area contributed by atoms with Crippen molar-refractivity contribution < 1.29 is 9.84 Å². The summed E-state index contributed by atoms with van der Waals surface area (Å²) in [5, 5.41) is 18.5. The van der Waals surface area contributed by atoms with Gasteiger partial charge in [0.15, 0.2) is 5.82 Å². The third kappa shape index (κ3) is 2.93. The van der Waals surface area contributed by atoms with E-state index in [1.54, 1.807) is 0 Å². The molecule has 21 heavy (non-hydrogen) atoms. The molecule has 0 fully saturated rings. The largest absolute Gasteiger partial charge is 0.485 e. The molecule has 1 atom stereocenters. The van der Waals surface area contributed by atoms with Gasteiger partial charge in [-0.1, -0.05) is 25.1 Å². The number of nitrogens with zero attached hydrogens (tertiary/aromatic N) is 3. The van der Waals surface area contributed by atoms with Crippen molar-refractivity contribution in [2.24, 2.45) is 0 Å². The Bertz CT molecular complexity index is 609. The predicted octanol–water partition coefficient (Wildman–Crippen LogP) is 2.64. The summed E-state index contributed by atoms with van der Waals surface area (Å²) in [7, 11) is 0. The maximum absolute atomic E-state index is 10.0. The summed E-state index contributed by atoms with van der Waals surface area (Å²) in [6.45, 7) is 3.32. The topological polar surface area (TPSA) is 60.2 Å². The fourth-order valence-corrected chi connectivity index (χ4v) is 2.72. The second-order valence-corrected chi connectivity index (χ2v) is 5.39. The summed E-state index contributed by atoms with van der Waals surface area (Å²) in [6, 6.07) is 7.63. The van der Waals surface area contributed by atoms with Gasteiger partial charge in [0.05, 0.1) is 6.10 Å². The molecule has 0 saturated heterocycles. The zero-order chi connectivity index (χ0) is 14.7. The number of hydrogen-bond acceptors (Lipinski definition) is 4. The maximum Gasteiger partial charge on any atom is 0.171 e. The molecular weight excluding hydrogens is 266 g/mol. The Hall–Kier alpha value is -1.88. The summed E-state index contributed by atoms with van der Waals surface area (Å²) in [6.07, 6.45) is 3.53. The molecule has 2 heterocycles. The Balaban J connectivity index is 1.75. The van der Waals surface area contributed by atoms with Gasteiger partial charge in [0.2, 0.25) is 0 Å². The lowest BCUT2D eigenvalue weighted by Crippen LogP contribution is -2.14. The molecule has 5 heteroatoms. The number of rotatable bonds is 5. The van der Waals surface area contributed by atoms with E-state index in [0.29, 0.717) is 13.0 Å². The van der Waals surface area contributed by atoms with Crippen LogP contribution in [0.3, 0.4) is 0 Å². The third-order valence-corrected chi connectivity index (χ3v) is 3.96. The zero-order valence-electron chi connectivity index (χ0n) is 12.3. The average Bonchev–Trinajstić information content (AvgIpc) is 2.96. The molecule has 2 aromatic rings. The van der Waals surface area contributed by atoms with Gasteiger partial charge < -0.3 is 14.4 Å². The summed E-state index contributed by atoms with van der Waals surface area (Å²) < 4.78 is 8.04. The van der Waals surface area contributed by atoms with Crippen LogP contribution in [0.1, 0.15) is 49.5 Å². The fourth-order valence-electron chi connectivity index (χ4n) is 2.72. The van der Waals surface area contributed by atoms with Crippen LogP contribution >= 0.6 is 0 Å². The van der Waals surface area contributed by atoms with Crippen molar-refractivity contribution >= 4 is 0 Å². The van der Waals surface area contributed by atoms with E-state index in [0.717, 1.165) is 35.9 Å². The van der Waals surface area contributed by atoms with Crippen molar-refractivity contribution in [2.75, 3.05) is 0 Å². The van der Waals surface area contributed by atoms with E-state index in [4.69, 9.17) is 4.74 Å². The van der Waals surface area contributed by atoms with Gasteiger partial charge >= 0.3 is 0 Å². The molecule has 0 saturated carbocycles. The fraction of sp³-hybridized carbons (Fsp3) is 0.500. The number of para-hydroxylation sites is 1.